The van der Waals surface area contributed by atoms with Crippen molar-refractivity contribution in [3.8, 4) is 5.88 Å². The standard InChI is InChI=1S/C6H6ClN3O2/c1-12-5-3-8-4(2-9-5)6(7)10-11/h2-3,11H,1H3/b10-6+. The quantitative estimate of drug-likeness (QED) is 0.424. The molecule has 0 unspecified atom stereocenters. The van der Waals surface area contributed by atoms with E-state index in [9.17, 15) is 0 Å². The summed E-state index contributed by atoms with van der Waals surface area (Å²) in [6, 6.07) is 0. The highest BCUT2D eigenvalue weighted by Crippen LogP contribution is 2.05. The SMILES string of the molecule is COc1cnc(/C(Cl)=N\O)cn1. The third-order valence-electron chi connectivity index (χ3n) is 1.14. The highest BCUT2D eigenvalue weighted by atomic mass is 35.5. The summed E-state index contributed by atoms with van der Waals surface area (Å²) in [6.45, 7) is 0. The molecule has 0 saturated carbocycles. The van der Waals surface area contributed by atoms with Crippen LogP contribution >= 0.6 is 11.6 Å². The van der Waals surface area contributed by atoms with E-state index in [1.807, 2.05) is 0 Å². The molecule has 0 spiro atoms. The smallest absolute Gasteiger partial charge is 0.232 e. The van der Waals surface area contributed by atoms with E-state index in [1.165, 1.54) is 19.5 Å². The van der Waals surface area contributed by atoms with Crippen molar-refractivity contribution in [1.82, 2.24) is 9.97 Å². The molecule has 1 heterocycles. The number of halogens is 1. The van der Waals surface area contributed by atoms with Crippen molar-refractivity contribution < 1.29 is 9.94 Å². The molecule has 0 saturated heterocycles. The predicted octanol–water partition coefficient (Wildman–Crippen LogP) is 0.860. The molecule has 0 aliphatic carbocycles. The molecule has 0 aliphatic rings. The Kier molecular flexibility index (Phi) is 2.82. The molecule has 0 fully saturated rings. The van der Waals surface area contributed by atoms with Crippen molar-refractivity contribution in [2.24, 2.45) is 5.16 Å². The van der Waals surface area contributed by atoms with Gasteiger partial charge in [-0.25, -0.2) is 9.97 Å². The van der Waals surface area contributed by atoms with Crippen LogP contribution in [0.25, 0.3) is 0 Å². The van der Waals surface area contributed by atoms with Gasteiger partial charge in [0.2, 0.25) is 5.88 Å². The van der Waals surface area contributed by atoms with Gasteiger partial charge in [-0.3, -0.25) is 0 Å². The molecule has 12 heavy (non-hydrogen) atoms. The minimum atomic E-state index is -0.106. The van der Waals surface area contributed by atoms with Gasteiger partial charge in [0, 0.05) is 0 Å². The van der Waals surface area contributed by atoms with Crippen molar-refractivity contribution >= 4 is 16.8 Å². The molecule has 1 rings (SSSR count). The number of ether oxygens (including phenoxy) is 1. The van der Waals surface area contributed by atoms with Crippen LogP contribution in [0.3, 0.4) is 0 Å². The van der Waals surface area contributed by atoms with Crippen LogP contribution in [0, 0.1) is 0 Å². The molecule has 0 radical (unpaired) electrons. The predicted molar refractivity (Wildman–Crippen MR) is 42.8 cm³/mol. The van der Waals surface area contributed by atoms with Crippen LogP contribution in [0.1, 0.15) is 5.69 Å². The zero-order chi connectivity index (χ0) is 8.97. The van der Waals surface area contributed by atoms with Gasteiger partial charge in [0.25, 0.3) is 0 Å². The van der Waals surface area contributed by atoms with E-state index in [-0.39, 0.29) is 5.17 Å². The van der Waals surface area contributed by atoms with E-state index in [2.05, 4.69) is 15.1 Å². The molecule has 0 bridgehead atoms. The van der Waals surface area contributed by atoms with Crippen LogP contribution < -0.4 is 4.74 Å². The Labute approximate surface area is 73.7 Å². The second kappa shape index (κ2) is 3.87. The van der Waals surface area contributed by atoms with Gasteiger partial charge >= 0.3 is 0 Å². The molecule has 0 amide bonds. The maximum absolute atomic E-state index is 8.27. The number of oxime groups is 1. The van der Waals surface area contributed by atoms with Crippen LogP contribution in [0.4, 0.5) is 0 Å². The van der Waals surface area contributed by atoms with Crippen molar-refractivity contribution in [1.29, 1.82) is 0 Å². The molecule has 1 aromatic rings. The Balaban J connectivity index is 2.92. The Morgan fingerprint density at radius 2 is 2.33 bits per heavy atom. The lowest BCUT2D eigenvalue weighted by molar-refractivity contribution is 0.320. The molecule has 0 aromatic carbocycles. The molecular formula is C6H6ClN3O2. The minimum Gasteiger partial charge on any atom is -0.480 e. The summed E-state index contributed by atoms with van der Waals surface area (Å²) < 4.78 is 4.76. The number of hydrogen-bond acceptors (Lipinski definition) is 5. The van der Waals surface area contributed by atoms with Crippen molar-refractivity contribution in [3.05, 3.63) is 18.1 Å². The summed E-state index contributed by atoms with van der Waals surface area (Å²) in [6.07, 6.45) is 2.73. The van der Waals surface area contributed by atoms with Crippen LogP contribution in [-0.2, 0) is 0 Å². The Morgan fingerprint density at radius 1 is 1.58 bits per heavy atom. The van der Waals surface area contributed by atoms with E-state index < -0.39 is 0 Å². The van der Waals surface area contributed by atoms with Gasteiger partial charge in [-0.15, -0.1) is 0 Å². The van der Waals surface area contributed by atoms with E-state index in [1.54, 1.807) is 0 Å². The number of aromatic nitrogens is 2. The second-order valence-electron chi connectivity index (χ2n) is 1.83. The first-order valence-corrected chi connectivity index (χ1v) is 3.39. The van der Waals surface area contributed by atoms with Gasteiger partial charge in [-0.1, -0.05) is 16.8 Å². The summed E-state index contributed by atoms with van der Waals surface area (Å²) >= 11 is 5.44. The Bertz CT molecular complexity index is 285. The maximum atomic E-state index is 8.27. The normalized spacial score (nSPS) is 11.3. The molecule has 5 nitrogen and oxygen atoms in total. The fourth-order valence-corrected chi connectivity index (χ4v) is 0.677. The molecular weight excluding hydrogens is 182 g/mol. The zero-order valence-corrected chi connectivity index (χ0v) is 6.99. The highest BCUT2D eigenvalue weighted by Gasteiger charge is 2.02. The van der Waals surface area contributed by atoms with E-state index in [4.69, 9.17) is 21.5 Å². The molecule has 1 aromatic heterocycles. The monoisotopic (exact) mass is 187 g/mol. The topological polar surface area (TPSA) is 67.6 Å². The third-order valence-corrected chi connectivity index (χ3v) is 1.41. The van der Waals surface area contributed by atoms with Gasteiger partial charge in [-0.05, 0) is 0 Å². The lowest BCUT2D eigenvalue weighted by Crippen LogP contribution is -1.97. The molecule has 64 valence electrons. The average molecular weight is 188 g/mol. The van der Waals surface area contributed by atoms with Gasteiger partial charge in [0.15, 0.2) is 5.17 Å². The summed E-state index contributed by atoms with van der Waals surface area (Å²) in [7, 11) is 1.48. The van der Waals surface area contributed by atoms with Gasteiger partial charge in [0.1, 0.15) is 5.69 Å². The van der Waals surface area contributed by atoms with E-state index in [0.29, 0.717) is 11.6 Å². The first kappa shape index (κ1) is 8.73. The lowest BCUT2D eigenvalue weighted by atomic mass is 10.5. The Morgan fingerprint density at radius 3 is 2.75 bits per heavy atom. The summed E-state index contributed by atoms with van der Waals surface area (Å²) in [4.78, 5) is 7.62. The molecule has 1 N–H and O–H groups in total. The first-order chi connectivity index (χ1) is 5.77. The minimum absolute atomic E-state index is 0.106. The highest BCUT2D eigenvalue weighted by molar-refractivity contribution is 6.69. The average Bonchev–Trinajstić information content (AvgIpc) is 2.17. The zero-order valence-electron chi connectivity index (χ0n) is 6.23. The number of methoxy groups -OCH3 is 1. The van der Waals surface area contributed by atoms with Crippen LogP contribution in [0.2, 0.25) is 0 Å². The van der Waals surface area contributed by atoms with Crippen LogP contribution in [0.5, 0.6) is 5.88 Å². The summed E-state index contributed by atoms with van der Waals surface area (Å²) in [5.41, 5.74) is 0.292. The van der Waals surface area contributed by atoms with E-state index >= 15 is 0 Å². The third kappa shape index (κ3) is 1.82. The number of rotatable bonds is 2. The summed E-state index contributed by atoms with van der Waals surface area (Å²) in [5.74, 6) is 0.376. The largest absolute Gasteiger partial charge is 0.480 e. The van der Waals surface area contributed by atoms with E-state index in [0.717, 1.165) is 0 Å². The van der Waals surface area contributed by atoms with Crippen molar-refractivity contribution in [2.75, 3.05) is 7.11 Å². The fourth-order valence-electron chi connectivity index (χ4n) is 0.579. The van der Waals surface area contributed by atoms with Crippen molar-refractivity contribution in [2.45, 2.75) is 0 Å². The van der Waals surface area contributed by atoms with Crippen LogP contribution in [0.15, 0.2) is 17.5 Å². The van der Waals surface area contributed by atoms with Crippen LogP contribution in [-0.4, -0.2) is 27.5 Å². The molecule has 0 aliphatic heterocycles. The second-order valence-corrected chi connectivity index (χ2v) is 2.19. The number of nitrogens with zero attached hydrogens (tertiary/aromatic N) is 3. The molecule has 0 atom stereocenters. The summed E-state index contributed by atoms with van der Waals surface area (Å²) in [5, 5.41) is 10.9. The lowest BCUT2D eigenvalue weighted by Gasteiger charge is -1.97. The van der Waals surface area contributed by atoms with Gasteiger partial charge < -0.3 is 9.94 Å². The number of hydrogen-bond donors (Lipinski definition) is 1. The first-order valence-electron chi connectivity index (χ1n) is 3.02. The molecule has 6 heteroatoms. The maximum Gasteiger partial charge on any atom is 0.232 e. The Hall–Kier alpha value is -1.36. The van der Waals surface area contributed by atoms with Gasteiger partial charge in [-0.2, -0.15) is 0 Å². The van der Waals surface area contributed by atoms with Crippen molar-refractivity contribution in [3.63, 3.8) is 0 Å². The van der Waals surface area contributed by atoms with Gasteiger partial charge in [0.05, 0.1) is 19.5 Å². The fraction of sp³-hybridized carbons (Fsp3) is 0.167.